The van der Waals surface area contributed by atoms with Gasteiger partial charge in [-0.25, -0.2) is 4.98 Å². The highest BCUT2D eigenvalue weighted by Gasteiger charge is 2.28. The van der Waals surface area contributed by atoms with E-state index < -0.39 is 0 Å². The van der Waals surface area contributed by atoms with Crippen molar-refractivity contribution in [2.75, 3.05) is 39.3 Å². The Kier molecular flexibility index (Phi) is 3.94. The van der Waals surface area contributed by atoms with E-state index in [9.17, 15) is 0 Å². The molecular formula is C13H22N4S. The van der Waals surface area contributed by atoms with Crippen molar-refractivity contribution < 1.29 is 0 Å². The van der Waals surface area contributed by atoms with Crippen molar-refractivity contribution in [3.63, 3.8) is 0 Å². The predicted octanol–water partition coefficient (Wildman–Crippen LogP) is 0.931. The van der Waals surface area contributed by atoms with Gasteiger partial charge in [0.15, 0.2) is 0 Å². The van der Waals surface area contributed by atoms with Crippen molar-refractivity contribution in [2.24, 2.45) is 0 Å². The molecule has 0 amide bonds. The first-order valence-electron chi connectivity index (χ1n) is 6.89. The van der Waals surface area contributed by atoms with Crippen molar-refractivity contribution >= 4 is 11.3 Å². The van der Waals surface area contributed by atoms with Crippen molar-refractivity contribution in [1.82, 2.24) is 20.1 Å². The molecule has 4 nitrogen and oxygen atoms in total. The molecule has 0 saturated carbocycles. The lowest BCUT2D eigenvalue weighted by molar-refractivity contribution is 0.170. The summed E-state index contributed by atoms with van der Waals surface area (Å²) in [7, 11) is 0. The van der Waals surface area contributed by atoms with Gasteiger partial charge in [-0.2, -0.15) is 0 Å². The van der Waals surface area contributed by atoms with Crippen LogP contribution in [-0.2, 0) is 6.54 Å². The number of aryl methyl sites for hydroxylation is 1. The van der Waals surface area contributed by atoms with Crippen LogP contribution < -0.4 is 5.32 Å². The van der Waals surface area contributed by atoms with E-state index in [4.69, 9.17) is 0 Å². The fourth-order valence-corrected chi connectivity index (χ4v) is 3.80. The summed E-state index contributed by atoms with van der Waals surface area (Å²) in [6, 6.07) is 0.778. The first kappa shape index (κ1) is 12.5. The Hall–Kier alpha value is -0.490. The van der Waals surface area contributed by atoms with Crippen LogP contribution in [-0.4, -0.2) is 60.1 Å². The molecule has 1 N–H and O–H groups in total. The number of aromatic nitrogens is 1. The van der Waals surface area contributed by atoms with Crippen LogP contribution in [0.5, 0.6) is 0 Å². The van der Waals surface area contributed by atoms with Crippen LogP contribution >= 0.6 is 11.3 Å². The molecule has 0 spiro atoms. The second-order valence-electron chi connectivity index (χ2n) is 5.32. The zero-order valence-electron chi connectivity index (χ0n) is 11.1. The molecule has 3 rings (SSSR count). The number of hydrogen-bond acceptors (Lipinski definition) is 5. The molecule has 2 fully saturated rings. The summed E-state index contributed by atoms with van der Waals surface area (Å²) in [5.41, 5.74) is 3.18. The Morgan fingerprint density at radius 3 is 2.94 bits per heavy atom. The van der Waals surface area contributed by atoms with Gasteiger partial charge in [-0.1, -0.05) is 0 Å². The number of nitrogens with zero attached hydrogens (tertiary/aromatic N) is 3. The van der Waals surface area contributed by atoms with Crippen molar-refractivity contribution in [3.05, 3.63) is 16.1 Å². The highest BCUT2D eigenvalue weighted by Crippen LogP contribution is 2.21. The molecule has 1 aromatic rings. The quantitative estimate of drug-likeness (QED) is 0.882. The number of piperazine rings is 1. The van der Waals surface area contributed by atoms with Gasteiger partial charge < -0.3 is 5.32 Å². The van der Waals surface area contributed by atoms with E-state index in [-0.39, 0.29) is 0 Å². The first-order valence-corrected chi connectivity index (χ1v) is 7.77. The molecule has 3 heterocycles. The molecule has 2 aliphatic rings. The Balaban J connectivity index is 1.53. The minimum Gasteiger partial charge on any atom is -0.314 e. The topological polar surface area (TPSA) is 31.4 Å². The van der Waals surface area contributed by atoms with Gasteiger partial charge in [-0.15, -0.1) is 11.3 Å². The Morgan fingerprint density at radius 1 is 1.39 bits per heavy atom. The molecule has 1 unspecified atom stereocenters. The lowest BCUT2D eigenvalue weighted by atomic mass is 10.2. The monoisotopic (exact) mass is 266 g/mol. The van der Waals surface area contributed by atoms with Crippen molar-refractivity contribution in [1.29, 1.82) is 0 Å². The molecule has 2 aliphatic heterocycles. The maximum Gasteiger partial charge on any atom is 0.0798 e. The van der Waals surface area contributed by atoms with E-state index in [1.807, 2.05) is 5.51 Å². The Bertz CT molecular complexity index is 386. The van der Waals surface area contributed by atoms with Gasteiger partial charge in [0.2, 0.25) is 0 Å². The van der Waals surface area contributed by atoms with E-state index >= 15 is 0 Å². The number of rotatable bonds is 3. The maximum atomic E-state index is 4.34. The first-order chi connectivity index (χ1) is 8.83. The third-order valence-electron chi connectivity index (χ3n) is 4.13. The standard InChI is InChI=1S/C13H22N4S/c1-11-13(18-10-15-11)9-16-5-2-12(8-16)17-6-3-14-4-7-17/h10,12,14H,2-9H2,1H3. The zero-order chi connectivity index (χ0) is 12.4. The predicted molar refractivity (Wildman–Crippen MR) is 75.0 cm³/mol. The number of likely N-dealkylation sites (tertiary alicyclic amines) is 1. The van der Waals surface area contributed by atoms with Crippen molar-refractivity contribution in [3.8, 4) is 0 Å². The van der Waals surface area contributed by atoms with Gasteiger partial charge in [0.1, 0.15) is 0 Å². The molecule has 0 radical (unpaired) electrons. The third kappa shape index (κ3) is 2.74. The zero-order valence-corrected chi connectivity index (χ0v) is 11.9. The summed E-state index contributed by atoms with van der Waals surface area (Å²) < 4.78 is 0. The van der Waals surface area contributed by atoms with Crippen LogP contribution in [0.4, 0.5) is 0 Å². The largest absolute Gasteiger partial charge is 0.314 e. The van der Waals surface area contributed by atoms with Gasteiger partial charge in [-0.3, -0.25) is 9.80 Å². The van der Waals surface area contributed by atoms with Gasteiger partial charge in [-0.05, 0) is 13.3 Å². The summed E-state index contributed by atoms with van der Waals surface area (Å²) in [4.78, 5) is 11.0. The SMILES string of the molecule is Cc1ncsc1CN1CCC(N2CCNCC2)C1. The minimum atomic E-state index is 0.778. The molecule has 0 aliphatic carbocycles. The maximum absolute atomic E-state index is 4.34. The van der Waals surface area contributed by atoms with Gasteiger partial charge in [0.25, 0.3) is 0 Å². The molecule has 0 bridgehead atoms. The van der Waals surface area contributed by atoms with Crippen LogP contribution in [0.3, 0.4) is 0 Å². The summed E-state index contributed by atoms with van der Waals surface area (Å²) >= 11 is 1.80. The molecule has 0 aromatic carbocycles. The minimum absolute atomic E-state index is 0.778. The molecule has 1 aromatic heterocycles. The molecule has 5 heteroatoms. The summed E-state index contributed by atoms with van der Waals surface area (Å²) in [6.07, 6.45) is 1.33. The summed E-state index contributed by atoms with van der Waals surface area (Å²) in [5.74, 6) is 0. The van der Waals surface area contributed by atoms with Crippen LogP contribution in [0.2, 0.25) is 0 Å². The van der Waals surface area contributed by atoms with E-state index in [2.05, 4.69) is 27.0 Å². The summed E-state index contributed by atoms with van der Waals surface area (Å²) in [6.45, 7) is 10.4. The molecule has 1 atom stereocenters. The van der Waals surface area contributed by atoms with Gasteiger partial charge >= 0.3 is 0 Å². The average molecular weight is 266 g/mol. The molecular weight excluding hydrogens is 244 g/mol. The summed E-state index contributed by atoms with van der Waals surface area (Å²) in [5, 5.41) is 3.43. The fraction of sp³-hybridized carbons (Fsp3) is 0.769. The highest BCUT2D eigenvalue weighted by atomic mass is 32.1. The third-order valence-corrected chi connectivity index (χ3v) is 5.05. The lowest BCUT2D eigenvalue weighted by Gasteiger charge is -2.32. The molecule has 2 saturated heterocycles. The van der Waals surface area contributed by atoms with Gasteiger partial charge in [0, 0.05) is 56.7 Å². The highest BCUT2D eigenvalue weighted by molar-refractivity contribution is 7.09. The average Bonchev–Trinajstić information content (AvgIpc) is 3.02. The van der Waals surface area contributed by atoms with Crippen LogP contribution in [0, 0.1) is 6.92 Å². The molecule has 100 valence electrons. The lowest BCUT2D eigenvalue weighted by Crippen LogP contribution is -2.49. The Labute approximate surface area is 113 Å². The second kappa shape index (κ2) is 5.65. The van der Waals surface area contributed by atoms with Crippen LogP contribution in [0.25, 0.3) is 0 Å². The fourth-order valence-electron chi connectivity index (χ4n) is 2.98. The van der Waals surface area contributed by atoms with E-state index in [0.717, 1.165) is 25.7 Å². The van der Waals surface area contributed by atoms with Crippen molar-refractivity contribution in [2.45, 2.75) is 25.9 Å². The smallest absolute Gasteiger partial charge is 0.0798 e. The van der Waals surface area contributed by atoms with Crippen LogP contribution in [0.1, 0.15) is 17.0 Å². The number of nitrogens with one attached hydrogen (secondary N) is 1. The van der Waals surface area contributed by atoms with E-state index in [0.29, 0.717) is 0 Å². The second-order valence-corrected chi connectivity index (χ2v) is 6.26. The Morgan fingerprint density at radius 2 is 2.22 bits per heavy atom. The normalized spacial score (nSPS) is 26.8. The number of thiazole rings is 1. The molecule has 18 heavy (non-hydrogen) atoms. The van der Waals surface area contributed by atoms with Gasteiger partial charge in [0.05, 0.1) is 11.2 Å². The number of hydrogen-bond donors (Lipinski definition) is 1. The van der Waals surface area contributed by atoms with Crippen LogP contribution in [0.15, 0.2) is 5.51 Å². The van der Waals surface area contributed by atoms with E-state index in [1.165, 1.54) is 43.2 Å². The van der Waals surface area contributed by atoms with E-state index in [1.54, 1.807) is 11.3 Å².